The van der Waals surface area contributed by atoms with Gasteiger partial charge in [0.05, 0.1) is 13.2 Å². The maximum absolute atomic E-state index is 10.5. The molecule has 0 aliphatic carbocycles. The van der Waals surface area contributed by atoms with Crippen LogP contribution in [0.3, 0.4) is 0 Å². The van der Waals surface area contributed by atoms with Crippen LogP contribution in [0.2, 0.25) is 0 Å². The predicted molar refractivity (Wildman–Crippen MR) is 108 cm³/mol. The van der Waals surface area contributed by atoms with Crippen LogP contribution in [0.4, 0.5) is 0 Å². The van der Waals surface area contributed by atoms with Gasteiger partial charge in [-0.3, -0.25) is 0 Å². The Morgan fingerprint density at radius 3 is 2.62 bits per heavy atom. The van der Waals surface area contributed by atoms with Crippen molar-refractivity contribution in [1.82, 2.24) is 10.6 Å². The van der Waals surface area contributed by atoms with E-state index in [4.69, 9.17) is 9.15 Å². The van der Waals surface area contributed by atoms with Gasteiger partial charge in [-0.1, -0.05) is 13.8 Å². The first-order chi connectivity index (χ1) is 10.8. The number of hydrogen-bond donors (Lipinski definition) is 3. The molecule has 1 unspecified atom stereocenters. The SMILES string of the molecule is CCNC(=NCC(C)(O)c1ccc(C)o1)NCCOCC(C)C.I. The fourth-order valence-corrected chi connectivity index (χ4v) is 1.94. The molecule has 0 saturated carbocycles. The topological polar surface area (TPSA) is 79.0 Å². The van der Waals surface area contributed by atoms with Gasteiger partial charge in [-0.05, 0) is 38.8 Å². The number of furan rings is 1. The maximum atomic E-state index is 10.5. The molecule has 0 radical (unpaired) electrons. The number of nitrogens with zero attached hydrogens (tertiary/aromatic N) is 1. The minimum absolute atomic E-state index is 0. The first-order valence-corrected chi connectivity index (χ1v) is 8.24. The molecule has 0 fully saturated rings. The van der Waals surface area contributed by atoms with Crippen molar-refractivity contribution in [3.05, 3.63) is 23.7 Å². The minimum atomic E-state index is -1.13. The molecule has 1 atom stereocenters. The lowest BCUT2D eigenvalue weighted by Crippen LogP contribution is -2.40. The third-order valence-electron chi connectivity index (χ3n) is 3.15. The van der Waals surface area contributed by atoms with E-state index < -0.39 is 5.60 Å². The van der Waals surface area contributed by atoms with Crippen LogP contribution in [0, 0.1) is 12.8 Å². The first-order valence-electron chi connectivity index (χ1n) is 8.24. The molecule has 7 heteroatoms. The van der Waals surface area contributed by atoms with Crippen molar-refractivity contribution in [1.29, 1.82) is 0 Å². The molecule has 0 spiro atoms. The second-order valence-corrected chi connectivity index (χ2v) is 6.27. The van der Waals surface area contributed by atoms with Gasteiger partial charge in [0.15, 0.2) is 5.96 Å². The maximum Gasteiger partial charge on any atom is 0.191 e. The molecule has 140 valence electrons. The Hall–Kier alpha value is -0.800. The van der Waals surface area contributed by atoms with Gasteiger partial charge in [0.25, 0.3) is 0 Å². The van der Waals surface area contributed by atoms with Crippen LogP contribution in [-0.4, -0.2) is 43.9 Å². The van der Waals surface area contributed by atoms with E-state index in [-0.39, 0.29) is 30.5 Å². The molecule has 0 aliphatic heterocycles. The van der Waals surface area contributed by atoms with E-state index in [2.05, 4.69) is 29.5 Å². The van der Waals surface area contributed by atoms with E-state index in [1.807, 2.05) is 19.9 Å². The lowest BCUT2D eigenvalue weighted by molar-refractivity contribution is 0.0428. The van der Waals surface area contributed by atoms with Crippen LogP contribution in [0.5, 0.6) is 0 Å². The fraction of sp³-hybridized carbons (Fsp3) is 0.706. The highest BCUT2D eigenvalue weighted by molar-refractivity contribution is 14.0. The monoisotopic (exact) mass is 453 g/mol. The Bertz CT molecular complexity index is 487. The van der Waals surface area contributed by atoms with Crippen molar-refractivity contribution in [2.45, 2.75) is 40.2 Å². The molecule has 1 rings (SSSR count). The van der Waals surface area contributed by atoms with Crippen LogP contribution < -0.4 is 10.6 Å². The van der Waals surface area contributed by atoms with Crippen LogP contribution in [-0.2, 0) is 10.3 Å². The van der Waals surface area contributed by atoms with Crippen molar-refractivity contribution >= 4 is 29.9 Å². The summed E-state index contributed by atoms with van der Waals surface area (Å²) >= 11 is 0. The number of rotatable bonds is 9. The average molecular weight is 453 g/mol. The molecule has 3 N–H and O–H groups in total. The van der Waals surface area contributed by atoms with E-state index in [0.717, 1.165) is 18.9 Å². The van der Waals surface area contributed by atoms with Gasteiger partial charge in [-0.2, -0.15) is 0 Å². The number of ether oxygens (including phenoxy) is 1. The Morgan fingerprint density at radius 2 is 2.08 bits per heavy atom. The molecule has 0 amide bonds. The Morgan fingerprint density at radius 1 is 1.38 bits per heavy atom. The Balaban J connectivity index is 0.00000529. The molecule has 0 bridgehead atoms. The summed E-state index contributed by atoms with van der Waals surface area (Å²) in [4.78, 5) is 4.43. The summed E-state index contributed by atoms with van der Waals surface area (Å²) < 4.78 is 11.0. The minimum Gasteiger partial charge on any atom is -0.463 e. The smallest absolute Gasteiger partial charge is 0.191 e. The summed E-state index contributed by atoms with van der Waals surface area (Å²) in [7, 11) is 0. The van der Waals surface area contributed by atoms with Crippen molar-refractivity contribution < 1.29 is 14.3 Å². The van der Waals surface area contributed by atoms with Crippen LogP contribution in [0.1, 0.15) is 39.2 Å². The summed E-state index contributed by atoms with van der Waals surface area (Å²) in [6.07, 6.45) is 0. The number of aliphatic imine (C=N–C) groups is 1. The van der Waals surface area contributed by atoms with Crippen LogP contribution >= 0.6 is 24.0 Å². The summed E-state index contributed by atoms with van der Waals surface area (Å²) in [5.41, 5.74) is -1.13. The molecule has 6 nitrogen and oxygen atoms in total. The van der Waals surface area contributed by atoms with E-state index >= 15 is 0 Å². The molecule has 0 aliphatic rings. The summed E-state index contributed by atoms with van der Waals surface area (Å²) in [5.74, 6) is 2.49. The van der Waals surface area contributed by atoms with Crippen molar-refractivity contribution in [3.63, 3.8) is 0 Å². The molecule has 1 aromatic rings. The molecule has 0 aromatic carbocycles. The largest absolute Gasteiger partial charge is 0.463 e. The molecule has 1 aromatic heterocycles. The standard InChI is InChI=1S/C17H31N3O3.HI/c1-6-18-16(19-9-10-22-11-13(2)3)20-12-17(5,21)15-8-7-14(4)23-15;/h7-8,13,21H,6,9-12H2,1-5H3,(H2,18,19,20);1H. The van der Waals surface area contributed by atoms with Gasteiger partial charge in [0.1, 0.15) is 17.1 Å². The summed E-state index contributed by atoms with van der Waals surface area (Å²) in [6.45, 7) is 12.8. The van der Waals surface area contributed by atoms with Gasteiger partial charge in [-0.25, -0.2) is 4.99 Å². The van der Waals surface area contributed by atoms with Crippen LogP contribution in [0.15, 0.2) is 21.5 Å². The van der Waals surface area contributed by atoms with Gasteiger partial charge in [0, 0.05) is 19.7 Å². The quantitative estimate of drug-likeness (QED) is 0.232. The molecular formula is C17H32IN3O3. The predicted octanol–water partition coefficient (Wildman–Crippen LogP) is 2.64. The van der Waals surface area contributed by atoms with Crippen molar-refractivity contribution in [2.75, 3.05) is 32.8 Å². The van der Waals surface area contributed by atoms with E-state index in [0.29, 0.717) is 30.8 Å². The number of aliphatic hydroxyl groups is 1. The number of guanidine groups is 1. The zero-order valence-corrected chi connectivity index (χ0v) is 17.7. The van der Waals surface area contributed by atoms with Gasteiger partial charge in [0.2, 0.25) is 0 Å². The molecular weight excluding hydrogens is 421 g/mol. The first kappa shape index (κ1) is 23.2. The van der Waals surface area contributed by atoms with E-state index in [1.165, 1.54) is 0 Å². The van der Waals surface area contributed by atoms with Gasteiger partial charge in [-0.15, -0.1) is 24.0 Å². The average Bonchev–Trinajstić information content (AvgIpc) is 2.91. The fourth-order valence-electron chi connectivity index (χ4n) is 1.94. The van der Waals surface area contributed by atoms with Gasteiger partial charge < -0.3 is 24.9 Å². The summed E-state index contributed by atoms with van der Waals surface area (Å²) in [6, 6.07) is 3.62. The summed E-state index contributed by atoms with van der Waals surface area (Å²) in [5, 5.41) is 16.9. The zero-order chi connectivity index (χ0) is 17.3. The second-order valence-electron chi connectivity index (χ2n) is 6.27. The number of halogens is 1. The van der Waals surface area contributed by atoms with E-state index in [1.54, 1.807) is 13.0 Å². The number of aryl methyl sites for hydroxylation is 1. The highest BCUT2D eigenvalue weighted by Gasteiger charge is 2.26. The van der Waals surface area contributed by atoms with Crippen molar-refractivity contribution in [2.24, 2.45) is 10.9 Å². The zero-order valence-electron chi connectivity index (χ0n) is 15.4. The Labute approximate surface area is 162 Å². The number of hydrogen-bond acceptors (Lipinski definition) is 4. The third kappa shape index (κ3) is 8.89. The van der Waals surface area contributed by atoms with E-state index in [9.17, 15) is 5.11 Å². The van der Waals surface area contributed by atoms with Crippen LogP contribution in [0.25, 0.3) is 0 Å². The molecule has 1 heterocycles. The molecule has 24 heavy (non-hydrogen) atoms. The number of nitrogens with one attached hydrogen (secondary N) is 2. The van der Waals surface area contributed by atoms with Gasteiger partial charge >= 0.3 is 0 Å². The lowest BCUT2D eigenvalue weighted by atomic mass is 10.0. The van der Waals surface area contributed by atoms with Crippen molar-refractivity contribution in [3.8, 4) is 0 Å². The lowest BCUT2D eigenvalue weighted by Gasteiger charge is -2.19. The normalized spacial score (nSPS) is 14.2. The molecule has 0 saturated heterocycles. The highest BCUT2D eigenvalue weighted by atomic mass is 127. The highest BCUT2D eigenvalue weighted by Crippen LogP contribution is 2.22. The third-order valence-corrected chi connectivity index (χ3v) is 3.15. The second kappa shape index (κ2) is 11.7. The Kier molecular flexibility index (Phi) is 11.3.